The molecular weight excluding hydrogens is 556 g/mol. The number of allylic oxidation sites excluding steroid dienone is 7. The number of fused-ring (bicyclic) bond motifs is 9. The third kappa shape index (κ3) is 3.83. The molecular formula is C44H36N2. The quantitative estimate of drug-likeness (QED) is 0.193. The maximum absolute atomic E-state index is 2.64. The minimum Gasteiger partial charge on any atom is -0.331 e. The molecule has 0 saturated heterocycles. The highest BCUT2D eigenvalue weighted by molar-refractivity contribution is 6.05. The van der Waals surface area contributed by atoms with Gasteiger partial charge in [-0.05, 0) is 108 Å². The summed E-state index contributed by atoms with van der Waals surface area (Å²) in [6.07, 6.45) is 18.7. The first-order valence-corrected chi connectivity index (χ1v) is 16.9. The summed E-state index contributed by atoms with van der Waals surface area (Å²) in [7, 11) is 0. The molecule has 0 aromatic heterocycles. The maximum atomic E-state index is 2.64. The van der Waals surface area contributed by atoms with Gasteiger partial charge < -0.3 is 9.80 Å². The highest BCUT2D eigenvalue weighted by Crippen LogP contribution is 2.71. The third-order valence-corrected chi connectivity index (χ3v) is 11.0. The predicted molar refractivity (Wildman–Crippen MR) is 191 cm³/mol. The van der Waals surface area contributed by atoms with Gasteiger partial charge in [-0.15, -0.1) is 0 Å². The molecule has 5 aliphatic carbocycles. The molecule has 0 radical (unpaired) electrons. The summed E-state index contributed by atoms with van der Waals surface area (Å²) >= 11 is 0. The Labute approximate surface area is 271 Å². The molecule has 0 heterocycles. The number of rotatable bonds is 6. The van der Waals surface area contributed by atoms with Crippen LogP contribution in [0, 0.1) is 11.8 Å². The molecule has 10 rings (SSSR count). The zero-order valence-corrected chi connectivity index (χ0v) is 25.9. The molecule has 5 aromatic rings. The Morgan fingerprint density at radius 2 is 1.41 bits per heavy atom. The van der Waals surface area contributed by atoms with E-state index in [4.69, 9.17) is 0 Å². The number of hydrogen-bond acceptors (Lipinski definition) is 2. The molecule has 4 atom stereocenters. The molecule has 46 heavy (non-hydrogen) atoms. The largest absolute Gasteiger partial charge is 0.331 e. The predicted octanol–water partition coefficient (Wildman–Crippen LogP) is 11.2. The van der Waals surface area contributed by atoms with Crippen molar-refractivity contribution in [2.24, 2.45) is 11.8 Å². The van der Waals surface area contributed by atoms with E-state index in [0.29, 0.717) is 11.8 Å². The highest BCUT2D eigenvalue weighted by atomic mass is 15.3. The Morgan fingerprint density at radius 1 is 0.696 bits per heavy atom. The summed E-state index contributed by atoms with van der Waals surface area (Å²) in [4.78, 5) is 5.23. The first-order chi connectivity index (χ1) is 22.8. The van der Waals surface area contributed by atoms with Gasteiger partial charge in [0.1, 0.15) is 0 Å². The summed E-state index contributed by atoms with van der Waals surface area (Å²) in [5.74, 6) is 1.79. The minimum atomic E-state index is -0.150. The van der Waals surface area contributed by atoms with Gasteiger partial charge in [0.25, 0.3) is 0 Å². The fraction of sp³-hybridized carbons (Fsp3) is 0.182. The van der Waals surface area contributed by atoms with Crippen LogP contribution in [-0.2, 0) is 5.54 Å². The molecule has 222 valence electrons. The molecule has 2 fully saturated rings. The molecule has 0 spiro atoms. The fourth-order valence-electron chi connectivity index (χ4n) is 8.81. The standard InChI is InChI=1S/C44H36N2/c1-4-14-32(15-5-1)45(35-25-24-30-26-31(30)27-35)42-28-39-36-20-12-13-23-40(36)44(29-41(44)43(39)38-22-11-10-21-37(38)42)46(33-16-6-2-7-17-33)34-18-8-3-9-19-34/h1-4,6-14,16-25,27-28,30-31,41H,5,15,26,29H2. The van der Waals surface area contributed by atoms with Gasteiger partial charge in [0.2, 0.25) is 0 Å². The van der Waals surface area contributed by atoms with Gasteiger partial charge in [-0.25, -0.2) is 0 Å². The lowest BCUT2D eigenvalue weighted by Gasteiger charge is -2.40. The molecule has 5 aliphatic rings. The number of nitrogens with zero attached hydrogens (tertiary/aromatic N) is 2. The van der Waals surface area contributed by atoms with Crippen LogP contribution in [0.3, 0.4) is 0 Å². The summed E-state index contributed by atoms with van der Waals surface area (Å²) in [5.41, 5.74) is 12.0. The van der Waals surface area contributed by atoms with Crippen molar-refractivity contribution < 1.29 is 0 Å². The zero-order valence-electron chi connectivity index (χ0n) is 25.9. The molecule has 2 nitrogen and oxygen atoms in total. The van der Waals surface area contributed by atoms with Gasteiger partial charge in [0.05, 0.1) is 11.2 Å². The molecule has 0 N–H and O–H groups in total. The minimum absolute atomic E-state index is 0.150. The van der Waals surface area contributed by atoms with Crippen LogP contribution < -0.4 is 9.80 Å². The normalized spacial score (nSPS) is 24.6. The van der Waals surface area contributed by atoms with E-state index >= 15 is 0 Å². The Morgan fingerprint density at radius 3 is 2.15 bits per heavy atom. The Bertz CT molecular complexity index is 2100. The van der Waals surface area contributed by atoms with Gasteiger partial charge in [-0.2, -0.15) is 0 Å². The van der Waals surface area contributed by atoms with Crippen LogP contribution in [0.4, 0.5) is 17.1 Å². The average molecular weight is 593 g/mol. The van der Waals surface area contributed by atoms with Crippen LogP contribution >= 0.6 is 0 Å². The van der Waals surface area contributed by atoms with Gasteiger partial charge >= 0.3 is 0 Å². The van der Waals surface area contributed by atoms with Crippen molar-refractivity contribution >= 4 is 27.8 Å². The van der Waals surface area contributed by atoms with Crippen LogP contribution in [0.2, 0.25) is 0 Å². The molecule has 0 bridgehead atoms. The van der Waals surface area contributed by atoms with Crippen LogP contribution in [0.1, 0.15) is 42.7 Å². The van der Waals surface area contributed by atoms with E-state index in [-0.39, 0.29) is 5.54 Å². The maximum Gasteiger partial charge on any atom is 0.0785 e. The summed E-state index contributed by atoms with van der Waals surface area (Å²) in [6.45, 7) is 0. The molecule has 4 unspecified atom stereocenters. The lowest BCUT2D eigenvalue weighted by molar-refractivity contribution is 0.670. The van der Waals surface area contributed by atoms with E-state index in [1.165, 1.54) is 67.9 Å². The third-order valence-electron chi connectivity index (χ3n) is 11.0. The van der Waals surface area contributed by atoms with Gasteiger partial charge in [-0.3, -0.25) is 0 Å². The van der Waals surface area contributed by atoms with Crippen LogP contribution in [0.15, 0.2) is 163 Å². The van der Waals surface area contributed by atoms with Crippen LogP contribution in [-0.4, -0.2) is 0 Å². The SMILES string of the molecule is C1=CCCC(N(C2=CC3CC3C=C2)c2cc3c(c4ccccc24)C2CC2(N(c2ccccc2)c2ccccc2)c2ccccc2-3)=C1. The fourth-order valence-corrected chi connectivity index (χ4v) is 8.81. The zero-order chi connectivity index (χ0) is 30.2. The second kappa shape index (κ2) is 9.96. The van der Waals surface area contributed by atoms with Crippen molar-refractivity contribution in [3.8, 4) is 11.1 Å². The molecule has 2 saturated carbocycles. The van der Waals surface area contributed by atoms with E-state index in [1.54, 1.807) is 0 Å². The number of anilines is 3. The summed E-state index contributed by atoms with van der Waals surface area (Å²) in [6, 6.07) is 43.0. The topological polar surface area (TPSA) is 6.48 Å². The monoisotopic (exact) mass is 592 g/mol. The van der Waals surface area contributed by atoms with E-state index in [1.807, 2.05) is 0 Å². The van der Waals surface area contributed by atoms with Crippen molar-refractivity contribution in [1.29, 1.82) is 0 Å². The molecule has 5 aromatic carbocycles. The van der Waals surface area contributed by atoms with E-state index < -0.39 is 0 Å². The van der Waals surface area contributed by atoms with E-state index in [0.717, 1.165) is 25.2 Å². The Kier molecular flexibility index (Phi) is 5.67. The van der Waals surface area contributed by atoms with E-state index in [2.05, 4.69) is 162 Å². The molecule has 2 heteroatoms. The van der Waals surface area contributed by atoms with Crippen molar-refractivity contribution in [3.63, 3.8) is 0 Å². The van der Waals surface area contributed by atoms with Gasteiger partial charge in [0, 0.05) is 34.1 Å². The summed E-state index contributed by atoms with van der Waals surface area (Å²) in [5, 5.41) is 2.73. The lowest BCUT2D eigenvalue weighted by Crippen LogP contribution is -2.35. The number of benzene rings is 5. The highest BCUT2D eigenvalue weighted by Gasteiger charge is 2.64. The number of para-hydroxylation sites is 2. The number of hydrogen-bond donors (Lipinski definition) is 0. The van der Waals surface area contributed by atoms with Crippen LogP contribution in [0.25, 0.3) is 21.9 Å². The Hall–Kier alpha value is -5.08. The second-order valence-corrected chi connectivity index (χ2v) is 13.6. The van der Waals surface area contributed by atoms with Crippen LogP contribution in [0.5, 0.6) is 0 Å². The van der Waals surface area contributed by atoms with Gasteiger partial charge in [-0.1, -0.05) is 109 Å². The first kappa shape index (κ1) is 26.2. The van der Waals surface area contributed by atoms with Gasteiger partial charge in [0.15, 0.2) is 0 Å². The Balaban J connectivity index is 1.22. The summed E-state index contributed by atoms with van der Waals surface area (Å²) < 4.78 is 0. The molecule has 0 amide bonds. The second-order valence-electron chi connectivity index (χ2n) is 13.6. The van der Waals surface area contributed by atoms with Crippen molar-refractivity contribution in [3.05, 3.63) is 174 Å². The van der Waals surface area contributed by atoms with Crippen molar-refractivity contribution in [2.45, 2.75) is 37.1 Å². The van der Waals surface area contributed by atoms with Crippen molar-refractivity contribution in [2.75, 3.05) is 9.80 Å². The smallest absolute Gasteiger partial charge is 0.0785 e. The van der Waals surface area contributed by atoms with E-state index in [9.17, 15) is 0 Å². The molecule has 0 aliphatic heterocycles. The van der Waals surface area contributed by atoms with Crippen molar-refractivity contribution in [1.82, 2.24) is 0 Å². The average Bonchev–Trinajstić information content (AvgIpc) is 4.05. The lowest BCUT2D eigenvalue weighted by atomic mass is 9.78. The first-order valence-electron chi connectivity index (χ1n) is 16.9.